The Morgan fingerprint density at radius 1 is 1.31 bits per heavy atom. The average Bonchev–Trinajstić information content (AvgIpc) is 3.10. The Morgan fingerprint density at radius 3 is 2.59 bits per heavy atom. The molecule has 1 saturated carbocycles. The summed E-state index contributed by atoms with van der Waals surface area (Å²) in [5.74, 6) is -1.09. The molecule has 2 aliphatic heterocycles. The van der Waals surface area contributed by atoms with E-state index >= 15 is 0 Å². The standard InChI is InChI=1S/C22H26F4N2O4/c1-13(32-18-3-2-16(23)9-17(18)22(24,25)26)15-4-6-28(7-5-15)19(29)8-14-10-21(11-14)12-31-20(30)27-21/h2-3,9,13-15H,4-8,10-12H2,1H3,(H,27,30). The van der Waals surface area contributed by atoms with Crippen molar-refractivity contribution in [3.8, 4) is 5.75 Å². The zero-order valence-electron chi connectivity index (χ0n) is 17.7. The Balaban J connectivity index is 1.25. The van der Waals surface area contributed by atoms with Crippen molar-refractivity contribution < 1.29 is 36.6 Å². The number of nitrogens with one attached hydrogen (secondary N) is 1. The van der Waals surface area contributed by atoms with Crippen LogP contribution in [0.4, 0.5) is 22.4 Å². The highest BCUT2D eigenvalue weighted by molar-refractivity contribution is 5.77. The highest BCUT2D eigenvalue weighted by Crippen LogP contribution is 2.43. The molecule has 32 heavy (non-hydrogen) atoms. The van der Waals surface area contributed by atoms with Crippen LogP contribution in [0.15, 0.2) is 18.2 Å². The van der Waals surface area contributed by atoms with Gasteiger partial charge in [0, 0.05) is 19.5 Å². The van der Waals surface area contributed by atoms with Crippen molar-refractivity contribution in [2.24, 2.45) is 11.8 Å². The van der Waals surface area contributed by atoms with Gasteiger partial charge in [-0.1, -0.05) is 0 Å². The van der Waals surface area contributed by atoms with Gasteiger partial charge in [0.05, 0.1) is 11.6 Å². The van der Waals surface area contributed by atoms with Crippen molar-refractivity contribution in [3.63, 3.8) is 0 Å². The predicted molar refractivity (Wildman–Crippen MR) is 105 cm³/mol. The summed E-state index contributed by atoms with van der Waals surface area (Å²) in [6, 6.07) is 2.40. The Kier molecular flexibility index (Phi) is 5.98. The van der Waals surface area contributed by atoms with E-state index in [1.807, 2.05) is 0 Å². The fourth-order valence-electron chi connectivity index (χ4n) is 5.02. The Labute approximate surface area is 183 Å². The van der Waals surface area contributed by atoms with Crippen molar-refractivity contribution in [2.75, 3.05) is 19.7 Å². The molecular weight excluding hydrogens is 432 g/mol. The summed E-state index contributed by atoms with van der Waals surface area (Å²) in [5.41, 5.74) is -1.43. The number of carbonyl (C=O) groups is 2. The van der Waals surface area contributed by atoms with Crippen LogP contribution in [0.2, 0.25) is 0 Å². The maximum absolute atomic E-state index is 13.3. The van der Waals surface area contributed by atoms with Gasteiger partial charge in [-0.15, -0.1) is 0 Å². The van der Waals surface area contributed by atoms with Gasteiger partial charge in [-0.25, -0.2) is 9.18 Å². The SMILES string of the molecule is CC(Oc1ccc(F)cc1C(F)(F)F)C1CCN(C(=O)CC2CC3(COC(=O)N3)C2)CC1. The van der Waals surface area contributed by atoms with Gasteiger partial charge in [-0.05, 0) is 62.6 Å². The van der Waals surface area contributed by atoms with E-state index in [2.05, 4.69) is 5.32 Å². The maximum Gasteiger partial charge on any atom is 0.420 e. The Bertz CT molecular complexity index is 877. The molecule has 10 heteroatoms. The van der Waals surface area contributed by atoms with E-state index < -0.39 is 29.8 Å². The van der Waals surface area contributed by atoms with Crippen LogP contribution >= 0.6 is 0 Å². The lowest BCUT2D eigenvalue weighted by atomic mass is 9.67. The molecule has 6 nitrogen and oxygen atoms in total. The number of rotatable bonds is 5. The normalized spacial score (nSPS) is 27.0. The number of alkyl carbamates (subject to hydrolysis) is 1. The van der Waals surface area contributed by atoms with E-state index in [1.165, 1.54) is 0 Å². The van der Waals surface area contributed by atoms with Crippen LogP contribution in [0.3, 0.4) is 0 Å². The quantitative estimate of drug-likeness (QED) is 0.674. The van der Waals surface area contributed by atoms with Gasteiger partial charge < -0.3 is 19.7 Å². The van der Waals surface area contributed by atoms with Crippen molar-refractivity contribution in [2.45, 2.75) is 56.8 Å². The highest BCUT2D eigenvalue weighted by atomic mass is 19.4. The third kappa shape index (κ3) is 4.78. The number of likely N-dealkylation sites (tertiary alicyclic amines) is 1. The molecule has 2 amide bonds. The number of ether oxygens (including phenoxy) is 2. The van der Waals surface area contributed by atoms with E-state index in [1.54, 1.807) is 11.8 Å². The number of piperidine rings is 1. The van der Waals surface area contributed by atoms with Crippen molar-refractivity contribution in [1.82, 2.24) is 10.2 Å². The molecule has 1 aromatic carbocycles. The number of nitrogens with zero attached hydrogens (tertiary/aromatic N) is 1. The summed E-state index contributed by atoms with van der Waals surface area (Å²) in [4.78, 5) is 25.6. The van der Waals surface area contributed by atoms with E-state index in [4.69, 9.17) is 9.47 Å². The third-order valence-electron chi connectivity index (χ3n) is 6.78. The smallest absolute Gasteiger partial charge is 0.420 e. The molecule has 1 unspecified atom stereocenters. The van der Waals surface area contributed by atoms with Crippen LogP contribution in [0, 0.1) is 17.7 Å². The molecule has 0 radical (unpaired) electrons. The molecule has 3 aliphatic rings. The first-order chi connectivity index (χ1) is 15.0. The molecule has 4 rings (SSSR count). The summed E-state index contributed by atoms with van der Waals surface area (Å²) in [7, 11) is 0. The molecule has 1 spiro atoms. The molecule has 0 aromatic heterocycles. The molecule has 1 atom stereocenters. The largest absolute Gasteiger partial charge is 0.490 e. The molecule has 1 aliphatic carbocycles. The Hall–Kier alpha value is -2.52. The number of amides is 2. The molecule has 1 aromatic rings. The molecule has 2 saturated heterocycles. The second-order valence-electron chi connectivity index (χ2n) is 9.14. The molecule has 0 bridgehead atoms. The van der Waals surface area contributed by atoms with Gasteiger partial charge in [0.25, 0.3) is 0 Å². The number of carbonyl (C=O) groups excluding carboxylic acids is 2. The molecule has 2 heterocycles. The van der Waals surface area contributed by atoms with Crippen LogP contribution in [-0.2, 0) is 15.7 Å². The van der Waals surface area contributed by atoms with Crippen LogP contribution in [0.1, 0.15) is 44.6 Å². The molecule has 3 fully saturated rings. The first kappa shape index (κ1) is 22.7. The summed E-state index contributed by atoms with van der Waals surface area (Å²) in [6.07, 6.45) is -2.51. The van der Waals surface area contributed by atoms with Crippen LogP contribution in [0.25, 0.3) is 0 Å². The molecule has 176 valence electrons. The van der Waals surface area contributed by atoms with Gasteiger partial charge in [-0.2, -0.15) is 13.2 Å². The number of benzene rings is 1. The number of halogens is 4. The second-order valence-corrected chi connectivity index (χ2v) is 9.14. The summed E-state index contributed by atoms with van der Waals surface area (Å²) >= 11 is 0. The van der Waals surface area contributed by atoms with Gasteiger partial charge in [0.15, 0.2) is 0 Å². The van der Waals surface area contributed by atoms with Crippen LogP contribution in [-0.4, -0.2) is 48.2 Å². The molecular formula is C22H26F4N2O4. The summed E-state index contributed by atoms with van der Waals surface area (Å²) < 4.78 is 63.4. The fraction of sp³-hybridized carbons (Fsp3) is 0.636. The van der Waals surface area contributed by atoms with E-state index in [9.17, 15) is 27.2 Å². The lowest BCUT2D eigenvalue weighted by Gasteiger charge is -2.43. The van der Waals surface area contributed by atoms with Gasteiger partial charge >= 0.3 is 12.3 Å². The number of hydrogen-bond donors (Lipinski definition) is 1. The topological polar surface area (TPSA) is 67.9 Å². The number of alkyl halides is 3. The first-order valence-corrected chi connectivity index (χ1v) is 10.8. The minimum absolute atomic E-state index is 0.0111. The summed E-state index contributed by atoms with van der Waals surface area (Å²) in [6.45, 7) is 3.09. The van der Waals surface area contributed by atoms with E-state index in [0.29, 0.717) is 45.0 Å². The summed E-state index contributed by atoms with van der Waals surface area (Å²) in [5, 5.41) is 2.81. The zero-order chi connectivity index (χ0) is 23.1. The Morgan fingerprint density at radius 2 is 2.00 bits per heavy atom. The van der Waals surface area contributed by atoms with Crippen molar-refractivity contribution in [1.29, 1.82) is 0 Å². The van der Waals surface area contributed by atoms with Crippen molar-refractivity contribution >= 4 is 12.0 Å². The van der Waals surface area contributed by atoms with Gasteiger partial charge in [-0.3, -0.25) is 4.79 Å². The van der Waals surface area contributed by atoms with E-state index in [0.717, 1.165) is 25.0 Å². The third-order valence-corrected chi connectivity index (χ3v) is 6.78. The monoisotopic (exact) mass is 458 g/mol. The van der Waals surface area contributed by atoms with E-state index in [-0.39, 0.29) is 29.0 Å². The first-order valence-electron chi connectivity index (χ1n) is 10.8. The van der Waals surface area contributed by atoms with Crippen LogP contribution < -0.4 is 10.1 Å². The average molecular weight is 458 g/mol. The zero-order valence-corrected chi connectivity index (χ0v) is 17.7. The highest BCUT2D eigenvalue weighted by Gasteiger charge is 2.50. The minimum atomic E-state index is -4.71. The van der Waals surface area contributed by atoms with Crippen molar-refractivity contribution in [3.05, 3.63) is 29.6 Å². The number of hydrogen-bond acceptors (Lipinski definition) is 4. The molecule has 1 N–H and O–H groups in total. The van der Waals surface area contributed by atoms with Gasteiger partial charge in [0.1, 0.15) is 23.7 Å². The lowest BCUT2D eigenvalue weighted by Crippen LogP contribution is -2.55. The minimum Gasteiger partial charge on any atom is -0.490 e. The lowest BCUT2D eigenvalue weighted by molar-refractivity contribution is -0.140. The second kappa shape index (κ2) is 8.44. The van der Waals surface area contributed by atoms with Crippen LogP contribution in [0.5, 0.6) is 5.75 Å². The maximum atomic E-state index is 13.3. The number of cyclic esters (lactones) is 1. The van der Waals surface area contributed by atoms with Gasteiger partial charge in [0.2, 0.25) is 5.91 Å². The predicted octanol–water partition coefficient (Wildman–Crippen LogP) is 4.13. The fourth-order valence-corrected chi connectivity index (χ4v) is 5.02.